The van der Waals surface area contributed by atoms with Gasteiger partial charge >= 0.3 is 11.8 Å². The molecule has 3 aromatic rings. The summed E-state index contributed by atoms with van der Waals surface area (Å²) in [5.74, 6) is -0.615. The lowest BCUT2D eigenvalue weighted by Crippen LogP contribution is -2.32. The van der Waals surface area contributed by atoms with Crippen molar-refractivity contribution in [3.05, 3.63) is 78.3 Å². The van der Waals surface area contributed by atoms with E-state index in [1.54, 1.807) is 54.6 Å². The summed E-state index contributed by atoms with van der Waals surface area (Å²) in [7, 11) is -3.67. The van der Waals surface area contributed by atoms with E-state index in [4.69, 9.17) is 9.15 Å². The van der Waals surface area contributed by atoms with E-state index in [9.17, 15) is 18.0 Å². The molecule has 0 atom stereocenters. The molecule has 0 saturated heterocycles. The lowest BCUT2D eigenvalue weighted by molar-refractivity contribution is -0.136. The van der Waals surface area contributed by atoms with Gasteiger partial charge in [0.1, 0.15) is 17.3 Å². The summed E-state index contributed by atoms with van der Waals surface area (Å²) in [5.41, 5.74) is 2.52. The van der Waals surface area contributed by atoms with Crippen LogP contribution >= 0.6 is 0 Å². The second kappa shape index (κ2) is 11.1. The van der Waals surface area contributed by atoms with E-state index in [1.165, 1.54) is 18.3 Å². The van der Waals surface area contributed by atoms with Gasteiger partial charge in [0.25, 0.3) is 0 Å². The minimum Gasteiger partial charge on any atom is -0.494 e. The SMILES string of the molecule is CCOc1ccc(NC(=O)C(=O)N/N=C\c2ccc(CNS(=O)(=O)c3ccccc3)o2)cc1. The Morgan fingerprint density at radius 2 is 1.73 bits per heavy atom. The van der Waals surface area contributed by atoms with Crippen LogP contribution in [0, 0.1) is 0 Å². The third kappa shape index (κ3) is 7.02. The molecular formula is C22H22N4O6S. The van der Waals surface area contributed by atoms with Crippen LogP contribution < -0.4 is 20.2 Å². The largest absolute Gasteiger partial charge is 0.494 e. The molecule has 3 rings (SSSR count). The van der Waals surface area contributed by atoms with E-state index in [2.05, 4.69) is 20.6 Å². The van der Waals surface area contributed by atoms with Gasteiger partial charge in [0.15, 0.2) is 0 Å². The van der Waals surface area contributed by atoms with Gasteiger partial charge in [-0.25, -0.2) is 18.6 Å². The Hall–Kier alpha value is -3.96. The third-order valence-corrected chi connectivity index (χ3v) is 5.58. The summed E-state index contributed by atoms with van der Waals surface area (Å²) in [6.07, 6.45) is 1.19. The Balaban J connectivity index is 1.47. The minimum atomic E-state index is -3.67. The monoisotopic (exact) mass is 470 g/mol. The fraction of sp³-hybridized carbons (Fsp3) is 0.136. The quantitative estimate of drug-likeness (QED) is 0.249. The summed E-state index contributed by atoms with van der Waals surface area (Å²) in [6, 6.07) is 17.6. The van der Waals surface area contributed by atoms with Crippen LogP contribution in [0.4, 0.5) is 5.69 Å². The van der Waals surface area contributed by atoms with Gasteiger partial charge in [0.2, 0.25) is 10.0 Å². The molecule has 2 aromatic carbocycles. The van der Waals surface area contributed by atoms with Crippen LogP contribution in [0.5, 0.6) is 5.75 Å². The van der Waals surface area contributed by atoms with Gasteiger partial charge in [0.05, 0.1) is 24.3 Å². The molecule has 0 spiro atoms. The normalized spacial score (nSPS) is 11.3. The van der Waals surface area contributed by atoms with Crippen molar-refractivity contribution in [3.63, 3.8) is 0 Å². The number of hydrogen-bond donors (Lipinski definition) is 3. The van der Waals surface area contributed by atoms with Crippen LogP contribution in [-0.4, -0.2) is 33.1 Å². The zero-order valence-corrected chi connectivity index (χ0v) is 18.5. The highest BCUT2D eigenvalue weighted by molar-refractivity contribution is 7.89. The summed E-state index contributed by atoms with van der Waals surface area (Å²) < 4.78 is 37.6. The molecule has 0 aliphatic rings. The van der Waals surface area contributed by atoms with Crippen molar-refractivity contribution < 1.29 is 27.2 Å². The van der Waals surface area contributed by atoms with E-state index in [0.717, 1.165) is 0 Å². The van der Waals surface area contributed by atoms with Crippen molar-refractivity contribution in [2.24, 2.45) is 5.10 Å². The molecule has 2 amide bonds. The number of nitrogens with zero attached hydrogens (tertiary/aromatic N) is 1. The minimum absolute atomic E-state index is 0.0675. The number of carbonyl (C=O) groups is 2. The number of ether oxygens (including phenoxy) is 1. The van der Waals surface area contributed by atoms with Crippen molar-refractivity contribution in [3.8, 4) is 5.75 Å². The Morgan fingerprint density at radius 1 is 1.00 bits per heavy atom. The highest BCUT2D eigenvalue weighted by atomic mass is 32.2. The van der Waals surface area contributed by atoms with Gasteiger partial charge in [-0.2, -0.15) is 5.10 Å². The summed E-state index contributed by atoms with van der Waals surface area (Å²) in [5, 5.41) is 6.11. The van der Waals surface area contributed by atoms with Crippen LogP contribution in [0.1, 0.15) is 18.4 Å². The number of amides is 2. The molecule has 10 nitrogen and oxygen atoms in total. The molecule has 0 aliphatic carbocycles. The van der Waals surface area contributed by atoms with Gasteiger partial charge < -0.3 is 14.5 Å². The molecule has 0 bridgehead atoms. The number of sulfonamides is 1. The summed E-state index contributed by atoms with van der Waals surface area (Å²) >= 11 is 0. The number of benzene rings is 2. The smallest absolute Gasteiger partial charge is 0.329 e. The van der Waals surface area contributed by atoms with E-state index in [-0.39, 0.29) is 17.2 Å². The molecule has 1 aromatic heterocycles. The number of rotatable bonds is 9. The number of anilines is 1. The molecule has 0 saturated carbocycles. The molecule has 33 heavy (non-hydrogen) atoms. The predicted octanol–water partition coefficient (Wildman–Crippen LogP) is 2.25. The maximum absolute atomic E-state index is 12.2. The maximum Gasteiger partial charge on any atom is 0.329 e. The topological polar surface area (TPSA) is 139 Å². The number of nitrogens with one attached hydrogen (secondary N) is 3. The summed E-state index contributed by atoms with van der Waals surface area (Å²) in [6.45, 7) is 2.31. The molecule has 3 N–H and O–H groups in total. The first-order valence-corrected chi connectivity index (χ1v) is 11.4. The van der Waals surface area contributed by atoms with Crippen LogP contribution in [-0.2, 0) is 26.2 Å². The Morgan fingerprint density at radius 3 is 2.42 bits per heavy atom. The van der Waals surface area contributed by atoms with Gasteiger partial charge in [-0.15, -0.1) is 0 Å². The maximum atomic E-state index is 12.2. The molecule has 1 heterocycles. The molecule has 0 unspecified atom stereocenters. The van der Waals surface area contributed by atoms with Gasteiger partial charge in [-0.3, -0.25) is 9.59 Å². The van der Waals surface area contributed by atoms with Crippen LogP contribution in [0.2, 0.25) is 0 Å². The zero-order chi connectivity index (χ0) is 23.7. The fourth-order valence-corrected chi connectivity index (χ4v) is 3.62. The predicted molar refractivity (Wildman–Crippen MR) is 121 cm³/mol. The van der Waals surface area contributed by atoms with E-state index < -0.39 is 21.8 Å². The van der Waals surface area contributed by atoms with Gasteiger partial charge in [-0.1, -0.05) is 18.2 Å². The molecule has 172 valence electrons. The number of carbonyl (C=O) groups excluding carboxylic acids is 2. The molecular weight excluding hydrogens is 448 g/mol. The Kier molecular flexibility index (Phi) is 7.95. The molecule has 0 radical (unpaired) electrons. The first-order chi connectivity index (χ1) is 15.9. The summed E-state index contributed by atoms with van der Waals surface area (Å²) in [4.78, 5) is 24.0. The molecule has 0 aliphatic heterocycles. The van der Waals surface area contributed by atoms with Crippen molar-refractivity contribution in [2.75, 3.05) is 11.9 Å². The average molecular weight is 471 g/mol. The fourth-order valence-electron chi connectivity index (χ4n) is 2.60. The second-order valence-electron chi connectivity index (χ2n) is 6.55. The highest BCUT2D eigenvalue weighted by Gasteiger charge is 2.15. The first kappa shape index (κ1) is 23.7. The number of hydrogen-bond acceptors (Lipinski definition) is 7. The highest BCUT2D eigenvalue weighted by Crippen LogP contribution is 2.15. The Bertz CT molecular complexity index is 1220. The van der Waals surface area contributed by atoms with Crippen LogP contribution in [0.3, 0.4) is 0 Å². The third-order valence-electron chi connectivity index (χ3n) is 4.16. The molecule has 11 heteroatoms. The Labute approximate surface area is 190 Å². The lowest BCUT2D eigenvalue weighted by atomic mass is 10.3. The van der Waals surface area contributed by atoms with E-state index >= 15 is 0 Å². The first-order valence-electron chi connectivity index (χ1n) is 9.88. The van der Waals surface area contributed by atoms with Crippen molar-refractivity contribution in [2.45, 2.75) is 18.4 Å². The van der Waals surface area contributed by atoms with Crippen LogP contribution in [0.25, 0.3) is 0 Å². The number of hydrazone groups is 1. The van der Waals surface area contributed by atoms with Crippen LogP contribution in [0.15, 0.2) is 81.1 Å². The van der Waals surface area contributed by atoms with Crippen molar-refractivity contribution >= 4 is 33.7 Å². The van der Waals surface area contributed by atoms with Gasteiger partial charge in [0, 0.05) is 5.69 Å². The number of furan rings is 1. The van der Waals surface area contributed by atoms with E-state index in [0.29, 0.717) is 23.8 Å². The lowest BCUT2D eigenvalue weighted by Gasteiger charge is -2.06. The standard InChI is InChI=1S/C22H22N4O6S/c1-2-31-17-10-8-16(9-11-17)25-21(27)22(28)26-23-14-18-12-13-19(32-18)15-24-33(29,30)20-6-4-3-5-7-20/h3-14,24H,2,15H2,1H3,(H,25,27)(H,26,28)/b23-14-. The van der Waals surface area contributed by atoms with Gasteiger partial charge in [-0.05, 0) is 55.5 Å². The second-order valence-corrected chi connectivity index (χ2v) is 8.32. The van der Waals surface area contributed by atoms with Crippen molar-refractivity contribution in [1.82, 2.24) is 10.1 Å². The molecule has 0 fully saturated rings. The van der Waals surface area contributed by atoms with E-state index in [1.807, 2.05) is 6.92 Å². The zero-order valence-electron chi connectivity index (χ0n) is 17.6. The van der Waals surface area contributed by atoms with Crippen molar-refractivity contribution in [1.29, 1.82) is 0 Å². The average Bonchev–Trinajstić information content (AvgIpc) is 3.27.